The van der Waals surface area contributed by atoms with Crippen molar-refractivity contribution in [2.45, 2.75) is 41.5 Å². The molecule has 1 amide bonds. The Kier molecular flexibility index (Phi) is 6.48. The van der Waals surface area contributed by atoms with E-state index in [0.29, 0.717) is 17.0 Å². The van der Waals surface area contributed by atoms with E-state index in [-0.39, 0.29) is 23.9 Å². The fourth-order valence-electron chi connectivity index (χ4n) is 4.53. The molecule has 1 aliphatic heterocycles. The second-order valence-corrected chi connectivity index (χ2v) is 8.79. The number of rotatable bonds is 5. The van der Waals surface area contributed by atoms with Crippen LogP contribution in [-0.2, 0) is 14.3 Å². The quantitative estimate of drug-likeness (QED) is 0.332. The van der Waals surface area contributed by atoms with Crippen LogP contribution in [0.1, 0.15) is 41.9 Å². The number of carbonyl (C=O) groups is 2. The number of aryl methyl sites for hydroxylation is 3. The van der Waals surface area contributed by atoms with Crippen LogP contribution >= 0.6 is 0 Å². The first-order chi connectivity index (χ1) is 16.6. The molecule has 3 aromatic rings. The van der Waals surface area contributed by atoms with Crippen LogP contribution in [0, 0.1) is 33.5 Å². The third kappa shape index (κ3) is 4.32. The third-order valence-electron chi connectivity index (χ3n) is 6.48. The number of hydrogen-bond acceptors (Lipinski definition) is 3. The molecule has 0 unspecified atom stereocenters. The Morgan fingerprint density at radius 2 is 1.60 bits per heavy atom. The minimum atomic E-state index is -0.525. The van der Waals surface area contributed by atoms with Crippen molar-refractivity contribution in [3.05, 3.63) is 99.3 Å². The first kappa shape index (κ1) is 24.2. The summed E-state index contributed by atoms with van der Waals surface area (Å²) in [6, 6.07) is 14.0. The summed E-state index contributed by atoms with van der Waals surface area (Å²) in [5, 5.41) is 0. The molecule has 0 bridgehead atoms. The minimum Gasteiger partial charge on any atom is -0.462 e. The number of anilines is 1. The Morgan fingerprint density at radius 1 is 0.943 bits per heavy atom. The molecule has 0 radical (unpaired) electrons. The van der Waals surface area contributed by atoms with Crippen LogP contribution in [0.2, 0.25) is 0 Å². The molecule has 0 spiro atoms. The topological polar surface area (TPSA) is 51.5 Å². The first-order valence-corrected chi connectivity index (χ1v) is 11.6. The molecule has 0 atom stereocenters. The van der Waals surface area contributed by atoms with Crippen LogP contribution in [0.3, 0.4) is 0 Å². The first-order valence-electron chi connectivity index (χ1n) is 11.6. The highest BCUT2D eigenvalue weighted by Crippen LogP contribution is 2.37. The van der Waals surface area contributed by atoms with E-state index in [4.69, 9.17) is 4.74 Å². The largest absolute Gasteiger partial charge is 0.462 e. The van der Waals surface area contributed by atoms with Crippen LogP contribution in [-0.4, -0.2) is 23.1 Å². The summed E-state index contributed by atoms with van der Waals surface area (Å²) in [6.45, 7) is 11.6. The zero-order valence-electron chi connectivity index (χ0n) is 20.9. The van der Waals surface area contributed by atoms with E-state index in [1.165, 1.54) is 12.1 Å². The number of esters is 1. The Bertz CT molecular complexity index is 1390. The van der Waals surface area contributed by atoms with E-state index in [2.05, 4.69) is 0 Å². The molecule has 2 heterocycles. The monoisotopic (exact) mass is 472 g/mol. The van der Waals surface area contributed by atoms with Crippen LogP contribution in [0.4, 0.5) is 10.1 Å². The zero-order chi connectivity index (χ0) is 25.4. The Hall–Kier alpha value is -3.93. The van der Waals surface area contributed by atoms with Crippen molar-refractivity contribution in [3.63, 3.8) is 0 Å². The number of aromatic nitrogens is 1. The number of ether oxygens (including phenoxy) is 1. The molecule has 5 nitrogen and oxygen atoms in total. The van der Waals surface area contributed by atoms with Crippen LogP contribution in [0.5, 0.6) is 0 Å². The summed E-state index contributed by atoms with van der Waals surface area (Å²) in [6.07, 6.45) is 1.75. The highest BCUT2D eigenvalue weighted by atomic mass is 19.1. The molecule has 0 saturated heterocycles. The molecular formula is C29H29FN2O3. The van der Waals surface area contributed by atoms with Gasteiger partial charge in [-0.3, -0.25) is 9.69 Å². The number of halogens is 1. The van der Waals surface area contributed by atoms with Gasteiger partial charge in [-0.2, -0.15) is 0 Å². The van der Waals surface area contributed by atoms with E-state index in [9.17, 15) is 14.0 Å². The second kappa shape index (κ2) is 9.37. The lowest BCUT2D eigenvalue weighted by molar-refractivity contribution is -0.138. The normalized spacial score (nSPS) is 14.9. The van der Waals surface area contributed by atoms with Crippen molar-refractivity contribution in [1.29, 1.82) is 0 Å². The molecule has 180 valence electrons. The molecule has 1 aromatic heterocycles. The summed E-state index contributed by atoms with van der Waals surface area (Å²) in [4.78, 5) is 28.2. The van der Waals surface area contributed by atoms with Gasteiger partial charge < -0.3 is 9.30 Å². The summed E-state index contributed by atoms with van der Waals surface area (Å²) < 4.78 is 20.8. The van der Waals surface area contributed by atoms with Crippen molar-refractivity contribution in [3.8, 4) is 5.69 Å². The lowest BCUT2D eigenvalue weighted by atomic mass is 10.0. The van der Waals surface area contributed by atoms with Gasteiger partial charge in [-0.15, -0.1) is 0 Å². The van der Waals surface area contributed by atoms with Crippen molar-refractivity contribution in [2.75, 3.05) is 11.5 Å². The van der Waals surface area contributed by atoms with E-state index in [1.54, 1.807) is 37.0 Å². The number of allylic oxidation sites excluding steroid dienone is 1. The van der Waals surface area contributed by atoms with Gasteiger partial charge in [0.25, 0.3) is 5.91 Å². The van der Waals surface area contributed by atoms with E-state index in [1.807, 2.05) is 56.5 Å². The predicted molar refractivity (Wildman–Crippen MR) is 136 cm³/mol. The summed E-state index contributed by atoms with van der Waals surface area (Å²) in [5.41, 5.74) is 7.39. The predicted octanol–water partition coefficient (Wildman–Crippen LogP) is 6.12. The van der Waals surface area contributed by atoms with Gasteiger partial charge in [0.15, 0.2) is 0 Å². The van der Waals surface area contributed by atoms with E-state index >= 15 is 0 Å². The lowest BCUT2D eigenvalue weighted by Crippen LogP contribution is -2.24. The van der Waals surface area contributed by atoms with Crippen molar-refractivity contribution in [1.82, 2.24) is 4.57 Å². The average molecular weight is 473 g/mol. The molecule has 0 aliphatic carbocycles. The van der Waals surface area contributed by atoms with Gasteiger partial charge >= 0.3 is 5.97 Å². The van der Waals surface area contributed by atoms with E-state index < -0.39 is 5.97 Å². The van der Waals surface area contributed by atoms with Gasteiger partial charge in [0, 0.05) is 28.5 Å². The molecule has 0 saturated carbocycles. The van der Waals surface area contributed by atoms with Gasteiger partial charge in [0.1, 0.15) is 5.82 Å². The third-order valence-corrected chi connectivity index (χ3v) is 6.48. The summed E-state index contributed by atoms with van der Waals surface area (Å²) in [7, 11) is 0. The zero-order valence-corrected chi connectivity index (χ0v) is 20.9. The molecule has 0 fully saturated rings. The summed E-state index contributed by atoms with van der Waals surface area (Å²) in [5.74, 6) is -1.11. The minimum absolute atomic E-state index is 0.208. The fourth-order valence-corrected chi connectivity index (χ4v) is 4.53. The van der Waals surface area contributed by atoms with Crippen molar-refractivity contribution in [2.24, 2.45) is 0 Å². The van der Waals surface area contributed by atoms with E-state index in [0.717, 1.165) is 33.8 Å². The molecule has 35 heavy (non-hydrogen) atoms. The summed E-state index contributed by atoms with van der Waals surface area (Å²) >= 11 is 0. The van der Waals surface area contributed by atoms with Crippen LogP contribution in [0.25, 0.3) is 11.8 Å². The van der Waals surface area contributed by atoms with Gasteiger partial charge in [-0.05, 0) is 107 Å². The van der Waals surface area contributed by atoms with Gasteiger partial charge in [0.2, 0.25) is 0 Å². The number of hydrogen-bond donors (Lipinski definition) is 0. The van der Waals surface area contributed by atoms with Crippen molar-refractivity contribution >= 4 is 23.6 Å². The maximum Gasteiger partial charge on any atom is 0.340 e. The highest BCUT2D eigenvalue weighted by Gasteiger charge is 2.38. The molecule has 1 aliphatic rings. The Balaban J connectivity index is 1.85. The van der Waals surface area contributed by atoms with Crippen LogP contribution < -0.4 is 4.90 Å². The number of benzene rings is 2. The standard InChI is InChI=1S/C29H29FN2O3/c1-7-35-29(34)27-21(6)32(25-11-8-17(2)18(3)14-25)28(33)26(27)16-22-15-19(4)31(20(22)5)24-12-9-23(30)10-13-24/h8-16H,7H2,1-6H3/b26-16-. The Labute approximate surface area is 205 Å². The number of nitrogens with zero attached hydrogens (tertiary/aromatic N) is 2. The second-order valence-electron chi connectivity index (χ2n) is 8.79. The fraction of sp³-hybridized carbons (Fsp3) is 0.241. The smallest absolute Gasteiger partial charge is 0.340 e. The highest BCUT2D eigenvalue weighted by molar-refractivity contribution is 6.23. The molecular weight excluding hydrogens is 443 g/mol. The maximum absolute atomic E-state index is 13.7. The van der Waals surface area contributed by atoms with Crippen molar-refractivity contribution < 1.29 is 18.7 Å². The SMILES string of the molecule is CCOC(=O)C1=C(C)N(c2ccc(C)c(C)c2)C(=O)/C1=C\c1cc(C)n(-c2ccc(F)cc2)c1C. The van der Waals surface area contributed by atoms with Gasteiger partial charge in [-0.25, -0.2) is 9.18 Å². The molecule has 0 N–H and O–H groups in total. The maximum atomic E-state index is 13.7. The molecule has 4 rings (SSSR count). The van der Waals surface area contributed by atoms with Gasteiger partial charge in [-0.1, -0.05) is 6.07 Å². The number of carbonyl (C=O) groups excluding carboxylic acids is 2. The molecule has 6 heteroatoms. The average Bonchev–Trinajstić information content (AvgIpc) is 3.22. The van der Waals surface area contributed by atoms with Crippen LogP contribution in [0.15, 0.2) is 65.4 Å². The lowest BCUT2D eigenvalue weighted by Gasteiger charge is -2.19. The molecule has 2 aromatic carbocycles. The van der Waals surface area contributed by atoms with Gasteiger partial charge in [0.05, 0.1) is 17.8 Å². The Morgan fingerprint density at radius 3 is 2.23 bits per heavy atom. The number of amides is 1.